The number of nitrogens with one attached hydrogen (secondary N) is 1. The highest BCUT2D eigenvalue weighted by Gasteiger charge is 2.30. The Bertz CT molecular complexity index is 561. The topological polar surface area (TPSA) is 75.4 Å². The highest BCUT2D eigenvalue weighted by atomic mass is 35.5. The Morgan fingerprint density at radius 2 is 1.90 bits per heavy atom. The molecule has 0 amide bonds. The predicted octanol–water partition coefficient (Wildman–Crippen LogP) is 2.38. The largest absolute Gasteiger partial charge is 0.398 e. The van der Waals surface area contributed by atoms with Crippen molar-refractivity contribution >= 4 is 27.3 Å². The standard InChI is InChI=1S/C13H20ClN3O2S/c1-9-5-3-6-10(2)17(9)16-20(18,19)13-11(14)7-4-8-12(13)15/h4,7-10,16H,3,5-6,15H2,1-2H3. The zero-order chi connectivity index (χ0) is 14.9. The maximum absolute atomic E-state index is 12.5. The highest BCUT2D eigenvalue weighted by molar-refractivity contribution is 7.89. The molecule has 0 aliphatic carbocycles. The molecule has 1 saturated heterocycles. The third-order valence-corrected chi connectivity index (χ3v) is 5.56. The Morgan fingerprint density at radius 3 is 2.45 bits per heavy atom. The lowest BCUT2D eigenvalue weighted by Gasteiger charge is -2.38. The van der Waals surface area contributed by atoms with Gasteiger partial charge in [0.1, 0.15) is 4.90 Å². The van der Waals surface area contributed by atoms with Crippen LogP contribution in [0.15, 0.2) is 23.1 Å². The molecule has 5 nitrogen and oxygen atoms in total. The van der Waals surface area contributed by atoms with Crippen LogP contribution in [0, 0.1) is 0 Å². The second-order valence-corrected chi connectivity index (χ2v) is 7.29. The minimum absolute atomic E-state index is 0.0494. The maximum atomic E-state index is 12.5. The van der Waals surface area contributed by atoms with Crippen LogP contribution in [-0.2, 0) is 10.0 Å². The van der Waals surface area contributed by atoms with Crippen LogP contribution >= 0.6 is 11.6 Å². The predicted molar refractivity (Wildman–Crippen MR) is 80.8 cm³/mol. The van der Waals surface area contributed by atoms with E-state index in [0.717, 1.165) is 19.3 Å². The average molecular weight is 318 g/mol. The Labute approximate surface area is 125 Å². The molecular weight excluding hydrogens is 298 g/mol. The van der Waals surface area contributed by atoms with Crippen LogP contribution in [0.1, 0.15) is 33.1 Å². The summed E-state index contributed by atoms with van der Waals surface area (Å²) in [6, 6.07) is 4.98. The number of nitrogens with zero attached hydrogens (tertiary/aromatic N) is 1. The molecule has 0 radical (unpaired) electrons. The number of halogens is 1. The molecule has 0 aromatic heterocycles. The van der Waals surface area contributed by atoms with Gasteiger partial charge in [0.25, 0.3) is 10.0 Å². The zero-order valence-electron chi connectivity index (χ0n) is 11.6. The van der Waals surface area contributed by atoms with Crippen molar-refractivity contribution in [2.45, 2.75) is 50.1 Å². The molecular formula is C13H20ClN3O2S. The first-order valence-corrected chi connectivity index (χ1v) is 8.54. The van der Waals surface area contributed by atoms with Gasteiger partial charge in [-0.05, 0) is 38.8 Å². The van der Waals surface area contributed by atoms with Crippen LogP contribution in [0.4, 0.5) is 5.69 Å². The number of hydrazine groups is 1. The molecule has 2 rings (SSSR count). The number of benzene rings is 1. The molecule has 0 bridgehead atoms. The molecule has 0 spiro atoms. The van der Waals surface area contributed by atoms with Crippen LogP contribution in [0.3, 0.4) is 0 Å². The summed E-state index contributed by atoms with van der Waals surface area (Å²) in [5.74, 6) is 0. The van der Waals surface area contributed by atoms with Gasteiger partial charge in [0.15, 0.2) is 0 Å². The van der Waals surface area contributed by atoms with Crippen molar-refractivity contribution in [1.82, 2.24) is 9.84 Å². The Hall–Kier alpha value is -0.820. The molecule has 1 aromatic carbocycles. The van der Waals surface area contributed by atoms with Gasteiger partial charge >= 0.3 is 0 Å². The quantitative estimate of drug-likeness (QED) is 0.839. The molecule has 3 N–H and O–H groups in total. The number of nitrogen functional groups attached to an aromatic ring is 1. The van der Waals surface area contributed by atoms with E-state index in [1.54, 1.807) is 11.1 Å². The fraction of sp³-hybridized carbons (Fsp3) is 0.538. The number of piperidine rings is 1. The van der Waals surface area contributed by atoms with Crippen molar-refractivity contribution < 1.29 is 8.42 Å². The van der Waals surface area contributed by atoms with E-state index in [4.69, 9.17) is 17.3 Å². The Kier molecular flexibility index (Phi) is 4.59. The first-order chi connectivity index (χ1) is 9.33. The van der Waals surface area contributed by atoms with Crippen LogP contribution in [0.2, 0.25) is 5.02 Å². The summed E-state index contributed by atoms with van der Waals surface area (Å²) in [5.41, 5.74) is 5.91. The van der Waals surface area contributed by atoms with Gasteiger partial charge in [0, 0.05) is 12.1 Å². The Balaban J connectivity index is 2.31. The molecule has 112 valence electrons. The normalized spacial score (nSPS) is 24.8. The number of anilines is 1. The molecule has 1 heterocycles. The van der Waals surface area contributed by atoms with Crippen molar-refractivity contribution in [3.63, 3.8) is 0 Å². The third-order valence-electron chi connectivity index (χ3n) is 3.69. The molecule has 0 saturated carbocycles. The zero-order valence-corrected chi connectivity index (χ0v) is 13.2. The molecule has 2 unspecified atom stereocenters. The lowest BCUT2D eigenvalue weighted by Crippen LogP contribution is -2.54. The second kappa shape index (κ2) is 5.89. The monoisotopic (exact) mass is 317 g/mol. The summed E-state index contributed by atoms with van der Waals surface area (Å²) in [6.45, 7) is 4.02. The fourth-order valence-electron chi connectivity index (χ4n) is 2.59. The van der Waals surface area contributed by atoms with Crippen LogP contribution in [0.25, 0.3) is 0 Å². The third kappa shape index (κ3) is 3.09. The van der Waals surface area contributed by atoms with Crippen molar-refractivity contribution in [3.05, 3.63) is 23.2 Å². The van der Waals surface area contributed by atoms with Gasteiger partial charge in [-0.2, -0.15) is 0 Å². The highest BCUT2D eigenvalue weighted by Crippen LogP contribution is 2.28. The van der Waals surface area contributed by atoms with Gasteiger partial charge in [0.05, 0.1) is 10.7 Å². The SMILES string of the molecule is CC1CCCC(C)N1NS(=O)(=O)c1c(N)cccc1Cl. The van der Waals surface area contributed by atoms with Gasteiger partial charge in [-0.15, -0.1) is 4.83 Å². The van der Waals surface area contributed by atoms with Crippen LogP contribution < -0.4 is 10.6 Å². The van der Waals surface area contributed by atoms with Gasteiger partial charge in [-0.3, -0.25) is 0 Å². The molecule has 1 aliphatic rings. The number of nitrogens with two attached hydrogens (primary N) is 1. The van der Waals surface area contributed by atoms with E-state index in [1.165, 1.54) is 12.1 Å². The van der Waals surface area contributed by atoms with Crippen LogP contribution in [-0.4, -0.2) is 25.5 Å². The number of hydrogen-bond acceptors (Lipinski definition) is 4. The molecule has 2 atom stereocenters. The smallest absolute Gasteiger partial charge is 0.257 e. The lowest BCUT2D eigenvalue weighted by atomic mass is 10.0. The van der Waals surface area contributed by atoms with Gasteiger partial charge < -0.3 is 5.73 Å². The molecule has 1 aliphatic heterocycles. The summed E-state index contributed by atoms with van der Waals surface area (Å²) >= 11 is 5.99. The second-order valence-electron chi connectivity index (χ2n) is 5.29. The van der Waals surface area contributed by atoms with E-state index < -0.39 is 10.0 Å². The van der Waals surface area contributed by atoms with Crippen molar-refractivity contribution in [3.8, 4) is 0 Å². The van der Waals surface area contributed by atoms with E-state index >= 15 is 0 Å². The molecule has 20 heavy (non-hydrogen) atoms. The minimum Gasteiger partial charge on any atom is -0.398 e. The van der Waals surface area contributed by atoms with Gasteiger partial charge in [0.2, 0.25) is 0 Å². The number of rotatable bonds is 3. The number of hydrogen-bond donors (Lipinski definition) is 2. The van der Waals surface area contributed by atoms with E-state index in [0.29, 0.717) is 0 Å². The van der Waals surface area contributed by atoms with Crippen LogP contribution in [0.5, 0.6) is 0 Å². The van der Waals surface area contributed by atoms with Gasteiger partial charge in [-0.25, -0.2) is 13.4 Å². The summed E-state index contributed by atoms with van der Waals surface area (Å²) in [7, 11) is -3.77. The van der Waals surface area contributed by atoms with Gasteiger partial charge in [-0.1, -0.05) is 24.1 Å². The van der Waals surface area contributed by atoms with E-state index in [9.17, 15) is 8.42 Å². The minimum atomic E-state index is -3.77. The maximum Gasteiger partial charge on any atom is 0.257 e. The van der Waals surface area contributed by atoms with E-state index in [2.05, 4.69) is 4.83 Å². The molecule has 1 aromatic rings. The molecule has 1 fully saturated rings. The van der Waals surface area contributed by atoms with Crippen molar-refractivity contribution in [2.24, 2.45) is 0 Å². The fourth-order valence-corrected chi connectivity index (χ4v) is 4.51. The summed E-state index contributed by atoms with van der Waals surface area (Å²) in [6.07, 6.45) is 3.03. The van der Waals surface area contributed by atoms with Crippen molar-refractivity contribution in [2.75, 3.05) is 5.73 Å². The van der Waals surface area contributed by atoms with E-state index in [-0.39, 0.29) is 27.7 Å². The average Bonchev–Trinajstić information content (AvgIpc) is 2.33. The molecule has 7 heteroatoms. The first kappa shape index (κ1) is 15.6. The summed E-state index contributed by atoms with van der Waals surface area (Å²) in [5, 5.41) is 1.91. The van der Waals surface area contributed by atoms with E-state index in [1.807, 2.05) is 13.8 Å². The summed E-state index contributed by atoms with van der Waals surface area (Å²) in [4.78, 5) is 2.58. The Morgan fingerprint density at radius 1 is 1.30 bits per heavy atom. The number of sulfonamides is 1. The first-order valence-electron chi connectivity index (χ1n) is 6.67. The lowest BCUT2D eigenvalue weighted by molar-refractivity contribution is 0.0790. The van der Waals surface area contributed by atoms with Crippen molar-refractivity contribution in [1.29, 1.82) is 0 Å². The summed E-state index contributed by atoms with van der Waals surface area (Å²) < 4.78 is 25.0.